The third-order valence-electron chi connectivity index (χ3n) is 4.81. The first kappa shape index (κ1) is 20.8. The fourth-order valence-corrected chi connectivity index (χ4v) is 4.00. The van der Waals surface area contributed by atoms with Crippen LogP contribution >= 0.6 is 11.3 Å². The number of rotatable bonds is 9. The molecule has 0 bridgehead atoms. The smallest absolute Gasteiger partial charge is 0.221 e. The average Bonchev–Trinajstić information content (AvgIpc) is 3.20. The maximum absolute atomic E-state index is 11.0. The van der Waals surface area contributed by atoms with E-state index in [1.807, 2.05) is 11.3 Å². The maximum atomic E-state index is 11.0. The number of nitrogens with zero attached hydrogens (tertiary/aromatic N) is 2. The number of carbonyl (C=O) groups excluding carboxylic acids is 1. The van der Waals surface area contributed by atoms with Crippen molar-refractivity contribution in [3.05, 3.63) is 46.7 Å². The Morgan fingerprint density at radius 2 is 1.89 bits per heavy atom. The quantitative estimate of drug-likeness (QED) is 0.673. The van der Waals surface area contributed by atoms with Crippen LogP contribution in [0.25, 0.3) is 0 Å². The highest BCUT2D eigenvalue weighted by Gasteiger charge is 2.19. The van der Waals surface area contributed by atoms with Gasteiger partial charge in [0.05, 0.1) is 0 Å². The number of ether oxygens (including phenoxy) is 1. The number of hydrogen-bond acceptors (Lipinski definition) is 6. The van der Waals surface area contributed by atoms with E-state index in [9.17, 15) is 9.90 Å². The maximum Gasteiger partial charge on any atom is 0.221 e. The summed E-state index contributed by atoms with van der Waals surface area (Å²) in [5.74, 6) is 0.585. The van der Waals surface area contributed by atoms with Gasteiger partial charge in [-0.3, -0.25) is 9.69 Å². The second-order valence-electron chi connectivity index (χ2n) is 7.14. The normalized spacial score (nSPS) is 16.6. The Hall–Kier alpha value is -1.93. The number of aliphatic hydroxyl groups is 1. The lowest BCUT2D eigenvalue weighted by atomic mass is 10.2. The molecule has 152 valence electrons. The Morgan fingerprint density at radius 1 is 1.18 bits per heavy atom. The molecule has 2 N–H and O–H groups in total. The van der Waals surface area contributed by atoms with Crippen LogP contribution in [-0.2, 0) is 11.2 Å². The van der Waals surface area contributed by atoms with Crippen molar-refractivity contribution in [2.75, 3.05) is 51.2 Å². The lowest BCUT2D eigenvalue weighted by Crippen LogP contribution is -2.49. The Bertz CT molecular complexity index is 713. The molecule has 2 heterocycles. The van der Waals surface area contributed by atoms with E-state index in [2.05, 4.69) is 32.6 Å². The molecule has 0 radical (unpaired) electrons. The summed E-state index contributed by atoms with van der Waals surface area (Å²) in [6.07, 6.45) is 0.599. The Morgan fingerprint density at radius 3 is 2.54 bits per heavy atom. The van der Waals surface area contributed by atoms with E-state index in [-0.39, 0.29) is 12.5 Å². The van der Waals surface area contributed by atoms with E-state index < -0.39 is 6.10 Å². The summed E-state index contributed by atoms with van der Waals surface area (Å²) in [5.41, 5.74) is 0.734. The number of piperazine rings is 1. The molecule has 1 atom stereocenters. The van der Waals surface area contributed by atoms with Gasteiger partial charge in [0, 0.05) is 56.8 Å². The molecule has 1 aromatic carbocycles. The molecule has 28 heavy (non-hydrogen) atoms. The number of benzene rings is 1. The lowest BCUT2D eigenvalue weighted by molar-refractivity contribution is -0.114. The van der Waals surface area contributed by atoms with Crippen molar-refractivity contribution >= 4 is 22.9 Å². The minimum Gasteiger partial charge on any atom is -0.491 e. The number of aliphatic hydroxyl groups excluding tert-OH is 1. The van der Waals surface area contributed by atoms with Crippen LogP contribution in [0.5, 0.6) is 5.75 Å². The number of anilines is 1. The highest BCUT2D eigenvalue weighted by molar-refractivity contribution is 7.09. The summed E-state index contributed by atoms with van der Waals surface area (Å²) in [4.78, 5) is 17.3. The largest absolute Gasteiger partial charge is 0.491 e. The van der Waals surface area contributed by atoms with E-state index in [1.165, 1.54) is 11.8 Å². The summed E-state index contributed by atoms with van der Waals surface area (Å²) >= 11 is 1.82. The number of hydrogen-bond donors (Lipinski definition) is 2. The third kappa shape index (κ3) is 6.91. The van der Waals surface area contributed by atoms with Crippen molar-refractivity contribution < 1.29 is 14.6 Å². The molecule has 6 nitrogen and oxygen atoms in total. The fraction of sp³-hybridized carbons (Fsp3) is 0.476. The summed E-state index contributed by atoms with van der Waals surface area (Å²) in [5, 5.41) is 15.1. The molecule has 0 aliphatic carbocycles. The van der Waals surface area contributed by atoms with Crippen molar-refractivity contribution in [3.8, 4) is 5.75 Å². The molecule has 0 spiro atoms. The molecule has 1 saturated heterocycles. The Labute approximate surface area is 170 Å². The highest BCUT2D eigenvalue weighted by atomic mass is 32.1. The van der Waals surface area contributed by atoms with Crippen molar-refractivity contribution in [1.29, 1.82) is 0 Å². The van der Waals surface area contributed by atoms with Crippen molar-refractivity contribution in [1.82, 2.24) is 9.80 Å². The minimum absolute atomic E-state index is 0.101. The van der Waals surface area contributed by atoms with E-state index in [1.54, 1.807) is 24.3 Å². The molecular formula is C21H29N3O3S. The Kier molecular flexibility index (Phi) is 7.85. The van der Waals surface area contributed by atoms with Crippen LogP contribution < -0.4 is 10.1 Å². The van der Waals surface area contributed by atoms with E-state index >= 15 is 0 Å². The highest BCUT2D eigenvalue weighted by Crippen LogP contribution is 2.16. The number of thiophene rings is 1. The fourth-order valence-electron chi connectivity index (χ4n) is 3.30. The van der Waals surface area contributed by atoms with Gasteiger partial charge in [0.2, 0.25) is 5.91 Å². The first-order valence-corrected chi connectivity index (χ1v) is 10.6. The number of nitrogens with one attached hydrogen (secondary N) is 1. The lowest BCUT2D eigenvalue weighted by Gasteiger charge is -2.35. The zero-order chi connectivity index (χ0) is 19.8. The zero-order valence-corrected chi connectivity index (χ0v) is 17.2. The Balaban J connectivity index is 1.32. The molecule has 2 aromatic rings. The van der Waals surface area contributed by atoms with Gasteiger partial charge in [-0.05, 0) is 42.1 Å². The van der Waals surface area contributed by atoms with Gasteiger partial charge in [0.1, 0.15) is 18.5 Å². The molecule has 1 aliphatic rings. The standard InChI is InChI=1S/C21H29N3O3S/c1-17(25)22-18-4-6-20(7-5-18)27-16-19(26)15-24-12-10-23(11-13-24)9-8-21-3-2-14-28-21/h2-7,14,19,26H,8-13,15-16H2,1H3,(H,22,25). The van der Waals surface area contributed by atoms with Crippen LogP contribution in [0.3, 0.4) is 0 Å². The van der Waals surface area contributed by atoms with Crippen LogP contribution in [0.1, 0.15) is 11.8 Å². The SMILES string of the molecule is CC(=O)Nc1ccc(OCC(O)CN2CCN(CCc3cccs3)CC2)cc1. The topological polar surface area (TPSA) is 65.0 Å². The van der Waals surface area contributed by atoms with Crippen molar-refractivity contribution in [2.45, 2.75) is 19.4 Å². The minimum atomic E-state index is -0.521. The molecule has 7 heteroatoms. The summed E-state index contributed by atoms with van der Waals surface area (Å²) in [7, 11) is 0. The van der Waals surface area contributed by atoms with Gasteiger partial charge < -0.3 is 20.1 Å². The second kappa shape index (κ2) is 10.6. The summed E-state index contributed by atoms with van der Waals surface area (Å²) < 4.78 is 5.67. The van der Waals surface area contributed by atoms with Gasteiger partial charge in [0.25, 0.3) is 0 Å². The van der Waals surface area contributed by atoms with Crippen LogP contribution in [-0.4, -0.2) is 72.8 Å². The summed E-state index contributed by atoms with van der Waals surface area (Å²) in [6.45, 7) is 7.52. The monoisotopic (exact) mass is 403 g/mol. The molecule has 1 aromatic heterocycles. The van der Waals surface area contributed by atoms with E-state index in [0.29, 0.717) is 12.3 Å². The molecule has 1 aliphatic heterocycles. The predicted octanol–water partition coefficient (Wildman–Crippen LogP) is 2.31. The second-order valence-corrected chi connectivity index (χ2v) is 8.17. The molecule has 1 fully saturated rings. The molecule has 1 amide bonds. The van der Waals surface area contributed by atoms with Crippen molar-refractivity contribution in [3.63, 3.8) is 0 Å². The van der Waals surface area contributed by atoms with Crippen LogP contribution in [0.15, 0.2) is 41.8 Å². The van der Waals surface area contributed by atoms with Gasteiger partial charge in [0.15, 0.2) is 0 Å². The molecule has 1 unspecified atom stereocenters. The number of β-amino-alcohol motifs (C(OH)–C–C–N with tert-alkyl or cyclic N) is 1. The van der Waals surface area contributed by atoms with Crippen molar-refractivity contribution in [2.24, 2.45) is 0 Å². The van der Waals surface area contributed by atoms with E-state index in [0.717, 1.165) is 44.8 Å². The first-order chi connectivity index (χ1) is 13.6. The van der Waals surface area contributed by atoms with Gasteiger partial charge >= 0.3 is 0 Å². The molecule has 3 rings (SSSR count). The average molecular weight is 404 g/mol. The molecule has 0 saturated carbocycles. The first-order valence-electron chi connectivity index (χ1n) is 9.74. The molecular weight excluding hydrogens is 374 g/mol. The number of carbonyl (C=O) groups is 1. The van der Waals surface area contributed by atoms with Gasteiger partial charge in [-0.2, -0.15) is 0 Å². The van der Waals surface area contributed by atoms with Crippen LogP contribution in [0, 0.1) is 0 Å². The van der Waals surface area contributed by atoms with Crippen LogP contribution in [0.2, 0.25) is 0 Å². The summed E-state index contributed by atoms with van der Waals surface area (Å²) in [6, 6.07) is 11.5. The van der Waals surface area contributed by atoms with Crippen LogP contribution in [0.4, 0.5) is 5.69 Å². The zero-order valence-electron chi connectivity index (χ0n) is 16.3. The number of amides is 1. The van der Waals surface area contributed by atoms with Gasteiger partial charge in [-0.25, -0.2) is 0 Å². The van der Waals surface area contributed by atoms with Gasteiger partial charge in [-0.1, -0.05) is 6.07 Å². The van der Waals surface area contributed by atoms with Gasteiger partial charge in [-0.15, -0.1) is 11.3 Å². The third-order valence-corrected chi connectivity index (χ3v) is 5.74. The van der Waals surface area contributed by atoms with E-state index in [4.69, 9.17) is 4.74 Å². The predicted molar refractivity (Wildman–Crippen MR) is 113 cm³/mol.